The number of aryl methyl sites for hydroxylation is 1. The van der Waals surface area contributed by atoms with Gasteiger partial charge in [0, 0.05) is 16.8 Å². The molecule has 1 N–H and O–H groups in total. The Hall–Kier alpha value is -2.88. The summed E-state index contributed by atoms with van der Waals surface area (Å²) in [4.78, 5) is 12.6. The molecular weight excluding hydrogens is 414 g/mol. The fourth-order valence-corrected chi connectivity index (χ4v) is 3.35. The van der Waals surface area contributed by atoms with Crippen molar-refractivity contribution in [3.63, 3.8) is 0 Å². The molecule has 0 fully saturated rings. The van der Waals surface area contributed by atoms with Crippen LogP contribution in [0.15, 0.2) is 42.5 Å². The van der Waals surface area contributed by atoms with Crippen LogP contribution in [0, 0.1) is 31.0 Å². The van der Waals surface area contributed by atoms with Crippen molar-refractivity contribution >= 4 is 29.1 Å². The Labute approximate surface area is 177 Å². The third-order valence-corrected chi connectivity index (χ3v) is 5.32. The molecule has 5 nitrogen and oxygen atoms in total. The number of nitrogens with zero attached hydrogens (tertiary/aromatic N) is 3. The van der Waals surface area contributed by atoms with E-state index in [1.165, 1.54) is 18.2 Å². The number of rotatable bonds is 5. The van der Waals surface area contributed by atoms with Crippen molar-refractivity contribution in [2.75, 3.05) is 0 Å². The summed E-state index contributed by atoms with van der Waals surface area (Å²) >= 11 is 12.1. The first-order valence-corrected chi connectivity index (χ1v) is 9.51. The molecule has 0 aliphatic rings. The van der Waals surface area contributed by atoms with Crippen molar-refractivity contribution in [2.45, 2.75) is 26.3 Å². The molecule has 0 saturated heterocycles. The summed E-state index contributed by atoms with van der Waals surface area (Å²) in [5, 5.41) is 17.3. The van der Waals surface area contributed by atoms with Crippen LogP contribution in [0.5, 0.6) is 0 Å². The Kier molecular flexibility index (Phi) is 6.21. The Bertz CT molecular complexity index is 1120. The Morgan fingerprint density at radius 2 is 1.97 bits per heavy atom. The zero-order chi connectivity index (χ0) is 21.1. The van der Waals surface area contributed by atoms with Gasteiger partial charge in [-0.3, -0.25) is 4.79 Å². The molecule has 0 aliphatic heterocycles. The lowest BCUT2D eigenvalue weighted by Crippen LogP contribution is -2.29. The molecule has 1 unspecified atom stereocenters. The highest BCUT2D eigenvalue weighted by atomic mass is 35.5. The van der Waals surface area contributed by atoms with Gasteiger partial charge in [0.1, 0.15) is 11.9 Å². The molecule has 0 spiro atoms. The Morgan fingerprint density at radius 1 is 1.24 bits per heavy atom. The van der Waals surface area contributed by atoms with Crippen LogP contribution in [-0.2, 0) is 11.2 Å². The minimum Gasteiger partial charge on any atom is -0.336 e. The summed E-state index contributed by atoms with van der Waals surface area (Å²) in [5.74, 6) is -0.946. The van der Waals surface area contributed by atoms with E-state index in [2.05, 4.69) is 10.4 Å². The molecule has 1 aromatic heterocycles. The van der Waals surface area contributed by atoms with Crippen molar-refractivity contribution < 1.29 is 9.18 Å². The lowest BCUT2D eigenvalue weighted by molar-refractivity contribution is -0.120. The average molecular weight is 431 g/mol. The summed E-state index contributed by atoms with van der Waals surface area (Å²) in [5.41, 5.74) is 2.99. The number of hydrogen-bond acceptors (Lipinski definition) is 3. The Morgan fingerprint density at radius 3 is 2.62 bits per heavy atom. The predicted octanol–water partition coefficient (Wildman–Crippen LogP) is 4.86. The van der Waals surface area contributed by atoms with Crippen molar-refractivity contribution in [3.05, 3.63) is 80.8 Å². The van der Waals surface area contributed by atoms with Crippen LogP contribution in [-0.4, -0.2) is 15.7 Å². The maximum Gasteiger partial charge on any atom is 0.225 e. The van der Waals surface area contributed by atoms with Gasteiger partial charge in [-0.15, -0.1) is 0 Å². The van der Waals surface area contributed by atoms with Gasteiger partial charge < -0.3 is 5.32 Å². The standard InChI is InChI=1S/C21H17Cl2FN4O/c1-12-16(13(2)28(27-12)14-7-8-17(22)18(23)9-14)10-21(29)26-20(11-25)15-5-3-4-6-19(15)24/h3-9,20H,10H2,1-2H3,(H,26,29). The highest BCUT2D eigenvalue weighted by Gasteiger charge is 2.21. The zero-order valence-corrected chi connectivity index (χ0v) is 17.2. The van der Waals surface area contributed by atoms with Crippen LogP contribution in [0.25, 0.3) is 5.69 Å². The summed E-state index contributed by atoms with van der Waals surface area (Å²) in [7, 11) is 0. The number of amides is 1. The molecule has 1 amide bonds. The van der Waals surface area contributed by atoms with E-state index in [1.807, 2.05) is 13.0 Å². The fraction of sp³-hybridized carbons (Fsp3) is 0.190. The molecule has 1 atom stereocenters. The lowest BCUT2D eigenvalue weighted by atomic mass is 10.1. The highest BCUT2D eigenvalue weighted by Crippen LogP contribution is 2.26. The maximum absolute atomic E-state index is 13.9. The second-order valence-electron chi connectivity index (χ2n) is 6.49. The minimum atomic E-state index is -1.07. The van der Waals surface area contributed by atoms with Gasteiger partial charge in [0.15, 0.2) is 0 Å². The third kappa shape index (κ3) is 4.42. The smallest absolute Gasteiger partial charge is 0.225 e. The number of carbonyl (C=O) groups excluding carboxylic acids is 1. The van der Waals surface area contributed by atoms with Crippen LogP contribution >= 0.6 is 23.2 Å². The number of aromatic nitrogens is 2. The maximum atomic E-state index is 13.9. The monoisotopic (exact) mass is 430 g/mol. The molecule has 1 heterocycles. The molecule has 3 rings (SSSR count). The van der Waals surface area contributed by atoms with Gasteiger partial charge >= 0.3 is 0 Å². The number of halogens is 3. The summed E-state index contributed by atoms with van der Waals surface area (Å²) < 4.78 is 15.6. The molecular formula is C21H17Cl2FN4O. The number of benzene rings is 2. The second-order valence-corrected chi connectivity index (χ2v) is 7.30. The van der Waals surface area contributed by atoms with Crippen LogP contribution in [0.4, 0.5) is 4.39 Å². The quantitative estimate of drug-likeness (QED) is 0.628. The molecule has 2 aromatic carbocycles. The van der Waals surface area contributed by atoms with E-state index in [-0.39, 0.29) is 12.0 Å². The van der Waals surface area contributed by atoms with E-state index < -0.39 is 17.8 Å². The fourth-order valence-electron chi connectivity index (χ4n) is 3.06. The molecule has 0 radical (unpaired) electrons. The van der Waals surface area contributed by atoms with E-state index in [9.17, 15) is 14.4 Å². The van der Waals surface area contributed by atoms with Crippen LogP contribution in [0.3, 0.4) is 0 Å². The molecule has 8 heteroatoms. The number of carbonyl (C=O) groups is 1. The topological polar surface area (TPSA) is 70.7 Å². The summed E-state index contributed by atoms with van der Waals surface area (Å²) in [6, 6.07) is 11.9. The van der Waals surface area contributed by atoms with Gasteiger partial charge in [0.05, 0.1) is 33.9 Å². The van der Waals surface area contributed by atoms with E-state index in [0.29, 0.717) is 21.4 Å². The van der Waals surface area contributed by atoms with Gasteiger partial charge in [0.2, 0.25) is 5.91 Å². The number of nitriles is 1. The van der Waals surface area contributed by atoms with Gasteiger partial charge in [0.25, 0.3) is 0 Å². The van der Waals surface area contributed by atoms with Gasteiger partial charge in [-0.05, 0) is 38.1 Å². The Balaban J connectivity index is 1.82. The highest BCUT2D eigenvalue weighted by molar-refractivity contribution is 6.42. The molecule has 29 heavy (non-hydrogen) atoms. The first-order valence-electron chi connectivity index (χ1n) is 8.75. The first-order chi connectivity index (χ1) is 13.8. The van der Waals surface area contributed by atoms with E-state index in [0.717, 1.165) is 11.3 Å². The van der Waals surface area contributed by atoms with E-state index in [4.69, 9.17) is 23.2 Å². The van der Waals surface area contributed by atoms with E-state index >= 15 is 0 Å². The third-order valence-electron chi connectivity index (χ3n) is 4.58. The number of hydrogen-bond donors (Lipinski definition) is 1. The van der Waals surface area contributed by atoms with Crippen LogP contribution in [0.1, 0.15) is 28.6 Å². The largest absolute Gasteiger partial charge is 0.336 e. The van der Waals surface area contributed by atoms with Crippen LogP contribution in [0.2, 0.25) is 10.0 Å². The minimum absolute atomic E-state index is 0.00558. The molecule has 0 aliphatic carbocycles. The summed E-state index contributed by atoms with van der Waals surface area (Å²) in [6.07, 6.45) is 0.00558. The summed E-state index contributed by atoms with van der Waals surface area (Å²) in [6.45, 7) is 3.63. The van der Waals surface area contributed by atoms with Gasteiger partial charge in [-0.2, -0.15) is 10.4 Å². The first kappa shape index (κ1) is 20.8. The average Bonchev–Trinajstić information content (AvgIpc) is 2.97. The predicted molar refractivity (Wildman–Crippen MR) is 110 cm³/mol. The zero-order valence-electron chi connectivity index (χ0n) is 15.7. The van der Waals surface area contributed by atoms with Crippen LogP contribution < -0.4 is 5.32 Å². The van der Waals surface area contributed by atoms with Crippen molar-refractivity contribution in [3.8, 4) is 11.8 Å². The van der Waals surface area contributed by atoms with E-state index in [1.54, 1.807) is 35.9 Å². The van der Waals surface area contributed by atoms with Crippen molar-refractivity contribution in [1.29, 1.82) is 5.26 Å². The molecule has 0 bridgehead atoms. The van der Waals surface area contributed by atoms with Crippen molar-refractivity contribution in [1.82, 2.24) is 15.1 Å². The van der Waals surface area contributed by atoms with Gasteiger partial charge in [-0.25, -0.2) is 9.07 Å². The second kappa shape index (κ2) is 8.64. The molecule has 3 aromatic rings. The van der Waals surface area contributed by atoms with Crippen molar-refractivity contribution in [2.24, 2.45) is 0 Å². The lowest BCUT2D eigenvalue weighted by Gasteiger charge is -2.13. The SMILES string of the molecule is Cc1nn(-c2ccc(Cl)c(Cl)c2)c(C)c1CC(=O)NC(C#N)c1ccccc1F. The number of nitrogens with one attached hydrogen (secondary N) is 1. The van der Waals surface area contributed by atoms with Gasteiger partial charge in [-0.1, -0.05) is 41.4 Å². The molecule has 148 valence electrons. The normalized spacial score (nSPS) is 11.7. The molecule has 0 saturated carbocycles.